The highest BCUT2D eigenvalue weighted by Crippen LogP contribution is 2.27. The summed E-state index contributed by atoms with van der Waals surface area (Å²) in [6, 6.07) is 11.8. The highest BCUT2D eigenvalue weighted by atomic mass is 16.5. The third-order valence-corrected chi connectivity index (χ3v) is 4.77. The number of aliphatic carboxylic acids is 1. The number of carbonyl (C=O) groups is 1. The number of benzene rings is 1. The molecule has 4 rings (SSSR count). The predicted octanol–water partition coefficient (Wildman–Crippen LogP) is 3.24. The van der Waals surface area contributed by atoms with Gasteiger partial charge in [0.25, 0.3) is 0 Å². The van der Waals surface area contributed by atoms with Crippen LogP contribution in [0.1, 0.15) is 23.1 Å². The summed E-state index contributed by atoms with van der Waals surface area (Å²) in [6.45, 7) is 0.427. The Kier molecular flexibility index (Phi) is 4.39. The van der Waals surface area contributed by atoms with Crippen LogP contribution in [0.3, 0.4) is 0 Å². The molecule has 3 aromatic rings. The summed E-state index contributed by atoms with van der Waals surface area (Å²) in [5.74, 6) is -0.298. The van der Waals surface area contributed by atoms with Gasteiger partial charge in [-0.15, -0.1) is 0 Å². The van der Waals surface area contributed by atoms with Gasteiger partial charge in [-0.25, -0.2) is 0 Å². The Hall–Kier alpha value is -3.15. The Morgan fingerprint density at radius 1 is 1.23 bits per heavy atom. The Morgan fingerprint density at radius 2 is 2.15 bits per heavy atom. The molecule has 1 aliphatic carbocycles. The number of aromatic nitrogens is 3. The van der Waals surface area contributed by atoms with Crippen molar-refractivity contribution in [3.63, 3.8) is 0 Å². The lowest BCUT2D eigenvalue weighted by Gasteiger charge is -2.22. The molecule has 0 saturated heterocycles. The average molecular weight is 349 g/mol. The first kappa shape index (κ1) is 16.3. The molecule has 0 bridgehead atoms. The number of H-pyrrole nitrogens is 1. The molecule has 6 heteroatoms. The number of nitrogens with one attached hydrogen (secondary N) is 1. The molecule has 0 unspecified atom stereocenters. The van der Waals surface area contributed by atoms with Gasteiger partial charge < -0.3 is 9.84 Å². The van der Waals surface area contributed by atoms with Crippen molar-refractivity contribution in [1.82, 2.24) is 15.2 Å². The van der Waals surface area contributed by atoms with E-state index in [0.29, 0.717) is 25.2 Å². The molecule has 0 radical (unpaired) electrons. The van der Waals surface area contributed by atoms with E-state index < -0.39 is 5.97 Å². The van der Waals surface area contributed by atoms with Gasteiger partial charge in [-0.1, -0.05) is 18.2 Å². The maximum atomic E-state index is 11.2. The van der Waals surface area contributed by atoms with E-state index in [-0.39, 0.29) is 5.92 Å². The van der Waals surface area contributed by atoms with Crippen molar-refractivity contribution in [3.05, 3.63) is 65.5 Å². The van der Waals surface area contributed by atoms with Crippen molar-refractivity contribution in [3.8, 4) is 17.1 Å². The van der Waals surface area contributed by atoms with Crippen LogP contribution in [-0.4, -0.2) is 26.3 Å². The van der Waals surface area contributed by atoms with E-state index in [1.54, 1.807) is 12.4 Å². The van der Waals surface area contributed by atoms with E-state index in [2.05, 4.69) is 27.3 Å². The third-order valence-electron chi connectivity index (χ3n) is 4.77. The topological polar surface area (TPSA) is 88.1 Å². The summed E-state index contributed by atoms with van der Waals surface area (Å²) in [5.41, 5.74) is 5.07. The first-order valence-corrected chi connectivity index (χ1v) is 8.61. The molecule has 0 aliphatic heterocycles. The number of fused-ring (bicyclic) bond motifs is 1. The predicted molar refractivity (Wildman–Crippen MR) is 95.7 cm³/mol. The lowest BCUT2D eigenvalue weighted by Crippen LogP contribution is -2.22. The van der Waals surface area contributed by atoms with Crippen LogP contribution in [0.25, 0.3) is 11.4 Å². The zero-order chi connectivity index (χ0) is 17.9. The van der Waals surface area contributed by atoms with Crippen LogP contribution >= 0.6 is 0 Å². The molecule has 2 aromatic heterocycles. The van der Waals surface area contributed by atoms with Crippen molar-refractivity contribution in [1.29, 1.82) is 0 Å². The minimum atomic E-state index is -0.708. The fraction of sp³-hybridized carbons (Fsp3) is 0.250. The fourth-order valence-electron chi connectivity index (χ4n) is 3.30. The fourth-order valence-corrected chi connectivity index (χ4v) is 3.30. The van der Waals surface area contributed by atoms with Crippen LogP contribution in [0.4, 0.5) is 0 Å². The highest BCUT2D eigenvalue weighted by Gasteiger charge is 2.24. The summed E-state index contributed by atoms with van der Waals surface area (Å²) in [5, 5.41) is 16.0. The van der Waals surface area contributed by atoms with Gasteiger partial charge in [-0.05, 0) is 54.2 Å². The largest absolute Gasteiger partial charge is 0.487 e. The number of pyridine rings is 1. The van der Waals surface area contributed by atoms with E-state index in [1.165, 1.54) is 5.56 Å². The molecule has 0 amide bonds. The van der Waals surface area contributed by atoms with Crippen molar-refractivity contribution < 1.29 is 14.6 Å². The van der Waals surface area contributed by atoms with Crippen LogP contribution in [0.5, 0.6) is 5.75 Å². The molecule has 2 N–H and O–H groups in total. The number of ether oxygens (including phenoxy) is 1. The Morgan fingerprint density at radius 3 is 2.88 bits per heavy atom. The number of aryl methyl sites for hydroxylation is 1. The summed E-state index contributed by atoms with van der Waals surface area (Å²) in [6.07, 6.45) is 5.51. The summed E-state index contributed by atoms with van der Waals surface area (Å²) in [4.78, 5) is 15.6. The maximum absolute atomic E-state index is 11.2. The normalized spacial score (nSPS) is 16.1. The number of hydrogen-bond acceptors (Lipinski definition) is 4. The molecule has 0 fully saturated rings. The molecular weight excluding hydrogens is 330 g/mol. The molecule has 6 nitrogen and oxygen atoms in total. The van der Waals surface area contributed by atoms with Gasteiger partial charge in [-0.2, -0.15) is 5.10 Å². The van der Waals surface area contributed by atoms with Crippen LogP contribution in [0.15, 0.2) is 48.8 Å². The van der Waals surface area contributed by atoms with E-state index in [1.807, 2.05) is 24.3 Å². The molecule has 0 spiro atoms. The van der Waals surface area contributed by atoms with Crippen molar-refractivity contribution in [2.75, 3.05) is 0 Å². The molecule has 1 aliphatic rings. The quantitative estimate of drug-likeness (QED) is 0.738. The van der Waals surface area contributed by atoms with Gasteiger partial charge in [-0.3, -0.25) is 14.9 Å². The van der Waals surface area contributed by atoms with E-state index in [9.17, 15) is 9.90 Å². The van der Waals surface area contributed by atoms with Crippen molar-refractivity contribution in [2.24, 2.45) is 5.92 Å². The summed E-state index contributed by atoms with van der Waals surface area (Å²) < 4.78 is 5.83. The van der Waals surface area contributed by atoms with E-state index in [0.717, 1.165) is 28.9 Å². The van der Waals surface area contributed by atoms with Gasteiger partial charge in [0.2, 0.25) is 0 Å². The molecule has 1 aromatic carbocycles. The Balaban J connectivity index is 1.42. The molecule has 26 heavy (non-hydrogen) atoms. The lowest BCUT2D eigenvalue weighted by molar-refractivity contribution is -0.142. The molecule has 1 atom stereocenters. The first-order chi connectivity index (χ1) is 12.7. The molecule has 2 heterocycles. The highest BCUT2D eigenvalue weighted by molar-refractivity contribution is 5.71. The van der Waals surface area contributed by atoms with Crippen molar-refractivity contribution >= 4 is 5.97 Å². The molecular formula is C20H19N3O3. The monoisotopic (exact) mass is 349 g/mol. The smallest absolute Gasteiger partial charge is 0.306 e. The second-order valence-corrected chi connectivity index (χ2v) is 6.52. The zero-order valence-electron chi connectivity index (χ0n) is 14.2. The van der Waals surface area contributed by atoms with Crippen LogP contribution in [0, 0.1) is 5.92 Å². The van der Waals surface area contributed by atoms with Crippen LogP contribution in [-0.2, 0) is 24.2 Å². The van der Waals surface area contributed by atoms with Crippen molar-refractivity contribution in [2.45, 2.75) is 25.9 Å². The number of rotatable bonds is 5. The summed E-state index contributed by atoms with van der Waals surface area (Å²) >= 11 is 0. The Labute approximate surface area is 150 Å². The number of nitrogens with zero attached hydrogens (tertiary/aromatic N) is 2. The minimum absolute atomic E-state index is 0.280. The number of hydrogen-bond donors (Lipinski definition) is 2. The average Bonchev–Trinajstić information content (AvgIpc) is 3.21. The van der Waals surface area contributed by atoms with E-state index in [4.69, 9.17) is 4.74 Å². The lowest BCUT2D eigenvalue weighted by atomic mass is 9.83. The SMILES string of the molecule is O=C(O)[C@@H]1CCc2ccc(COc3ccc(-c4ccn[nH]4)nc3)cc2C1. The Bertz CT molecular complexity index is 905. The van der Waals surface area contributed by atoms with Gasteiger partial charge in [0, 0.05) is 6.20 Å². The number of aromatic amines is 1. The first-order valence-electron chi connectivity index (χ1n) is 8.61. The van der Waals surface area contributed by atoms with Gasteiger partial charge in [0.15, 0.2) is 0 Å². The zero-order valence-corrected chi connectivity index (χ0v) is 14.2. The summed E-state index contributed by atoms with van der Waals surface area (Å²) in [7, 11) is 0. The van der Waals surface area contributed by atoms with Crippen LogP contribution in [0.2, 0.25) is 0 Å². The second-order valence-electron chi connectivity index (χ2n) is 6.52. The maximum Gasteiger partial charge on any atom is 0.306 e. The minimum Gasteiger partial charge on any atom is -0.487 e. The van der Waals surface area contributed by atoms with Gasteiger partial charge >= 0.3 is 5.97 Å². The van der Waals surface area contributed by atoms with Gasteiger partial charge in [0.1, 0.15) is 12.4 Å². The molecule has 132 valence electrons. The standard InChI is InChI=1S/C20H19N3O3/c24-20(25)15-4-3-14-2-1-13(9-16(14)10-15)12-26-17-5-6-18(21-11-17)19-7-8-22-23-19/h1-2,5-9,11,15H,3-4,10,12H2,(H,22,23)(H,24,25)/t15-/m1/s1. The van der Waals surface area contributed by atoms with Gasteiger partial charge in [0.05, 0.1) is 23.5 Å². The number of carboxylic acid groups (broad SMARTS) is 1. The van der Waals surface area contributed by atoms with Crippen LogP contribution < -0.4 is 4.74 Å². The van der Waals surface area contributed by atoms with E-state index >= 15 is 0 Å². The second kappa shape index (κ2) is 7.00. The third kappa shape index (κ3) is 3.44. The number of carboxylic acids is 1. The molecule has 0 saturated carbocycles.